The van der Waals surface area contributed by atoms with Crippen molar-refractivity contribution < 1.29 is 13.2 Å². The highest BCUT2D eigenvalue weighted by atomic mass is 32.2. The van der Waals surface area contributed by atoms with E-state index >= 15 is 0 Å². The van der Waals surface area contributed by atoms with Gasteiger partial charge in [-0.1, -0.05) is 36.8 Å². The molecule has 2 rings (SSSR count). The van der Waals surface area contributed by atoms with Crippen LogP contribution in [0.4, 0.5) is 0 Å². The molecule has 0 saturated carbocycles. The van der Waals surface area contributed by atoms with E-state index in [4.69, 9.17) is 4.74 Å². The zero-order chi connectivity index (χ0) is 19.2. The fourth-order valence-electron chi connectivity index (χ4n) is 3.23. The Morgan fingerprint density at radius 1 is 1.31 bits per heavy atom. The molecule has 1 fully saturated rings. The molecule has 0 radical (unpaired) electrons. The number of nitrogens with one attached hydrogen (secondary N) is 2. The SMILES string of the molecule is CN=C(NCC(C)c1cccc(C)c1)NCC1(S(C)(=O)=O)CCOCC1. The molecule has 146 valence electrons. The number of rotatable bonds is 6. The average Bonchev–Trinajstić information content (AvgIpc) is 2.61. The van der Waals surface area contributed by atoms with Crippen LogP contribution in [0.5, 0.6) is 0 Å². The first-order valence-corrected chi connectivity index (χ1v) is 10.9. The van der Waals surface area contributed by atoms with E-state index in [2.05, 4.69) is 53.7 Å². The van der Waals surface area contributed by atoms with E-state index in [1.54, 1.807) is 7.05 Å². The number of aryl methyl sites for hydroxylation is 1. The Kier molecular flexibility index (Phi) is 7.06. The highest BCUT2D eigenvalue weighted by molar-refractivity contribution is 7.92. The molecule has 2 N–H and O–H groups in total. The molecule has 1 aromatic rings. The minimum Gasteiger partial charge on any atom is -0.381 e. The summed E-state index contributed by atoms with van der Waals surface area (Å²) in [5, 5.41) is 6.52. The molecule has 0 aliphatic carbocycles. The summed E-state index contributed by atoms with van der Waals surface area (Å²) < 4.78 is 29.2. The van der Waals surface area contributed by atoms with Crippen molar-refractivity contribution in [3.8, 4) is 0 Å². The molecule has 1 atom stereocenters. The maximum Gasteiger partial charge on any atom is 0.191 e. The highest BCUT2D eigenvalue weighted by Gasteiger charge is 2.42. The van der Waals surface area contributed by atoms with Gasteiger partial charge in [-0.15, -0.1) is 0 Å². The van der Waals surface area contributed by atoms with Gasteiger partial charge < -0.3 is 15.4 Å². The van der Waals surface area contributed by atoms with Crippen LogP contribution in [0.1, 0.15) is 36.8 Å². The second-order valence-electron chi connectivity index (χ2n) is 7.19. The minimum atomic E-state index is -3.20. The number of hydrogen-bond acceptors (Lipinski definition) is 4. The Balaban J connectivity index is 1.94. The van der Waals surface area contributed by atoms with Crippen molar-refractivity contribution in [2.75, 3.05) is 39.6 Å². The van der Waals surface area contributed by atoms with Crippen LogP contribution < -0.4 is 10.6 Å². The van der Waals surface area contributed by atoms with Crippen LogP contribution in [-0.2, 0) is 14.6 Å². The van der Waals surface area contributed by atoms with E-state index in [-0.39, 0.29) is 0 Å². The molecule has 0 spiro atoms. The van der Waals surface area contributed by atoms with E-state index in [0.29, 0.717) is 44.5 Å². The predicted octanol–water partition coefficient (Wildman–Crippen LogP) is 1.86. The van der Waals surface area contributed by atoms with Crippen molar-refractivity contribution in [1.82, 2.24) is 10.6 Å². The lowest BCUT2D eigenvalue weighted by Crippen LogP contribution is -2.53. The normalized spacial score (nSPS) is 19.0. The zero-order valence-electron chi connectivity index (χ0n) is 16.2. The van der Waals surface area contributed by atoms with Crippen molar-refractivity contribution >= 4 is 15.8 Å². The maximum atomic E-state index is 12.3. The number of benzene rings is 1. The average molecular weight is 382 g/mol. The van der Waals surface area contributed by atoms with Crippen LogP contribution in [0.3, 0.4) is 0 Å². The van der Waals surface area contributed by atoms with Crippen molar-refractivity contribution in [1.29, 1.82) is 0 Å². The van der Waals surface area contributed by atoms with Crippen molar-refractivity contribution in [3.63, 3.8) is 0 Å². The third-order valence-electron chi connectivity index (χ3n) is 5.18. The molecular weight excluding hydrogens is 350 g/mol. The molecule has 0 bridgehead atoms. The Bertz CT molecular complexity index is 725. The van der Waals surface area contributed by atoms with Gasteiger partial charge in [0, 0.05) is 39.6 Å². The van der Waals surface area contributed by atoms with E-state index in [9.17, 15) is 8.42 Å². The van der Waals surface area contributed by atoms with E-state index in [1.807, 2.05) is 0 Å². The minimum absolute atomic E-state index is 0.320. The summed E-state index contributed by atoms with van der Waals surface area (Å²) in [5.41, 5.74) is 2.51. The molecule has 6 nitrogen and oxygen atoms in total. The van der Waals surface area contributed by atoms with Crippen LogP contribution in [0.2, 0.25) is 0 Å². The molecule has 7 heteroatoms. The van der Waals surface area contributed by atoms with Crippen LogP contribution in [0, 0.1) is 6.92 Å². The number of aliphatic imine (C=N–C) groups is 1. The third-order valence-corrected chi connectivity index (χ3v) is 7.30. The predicted molar refractivity (Wildman–Crippen MR) is 107 cm³/mol. The summed E-state index contributed by atoms with van der Waals surface area (Å²) in [4.78, 5) is 4.24. The molecular formula is C19H31N3O3S. The third kappa shape index (κ3) is 5.20. The highest BCUT2D eigenvalue weighted by Crippen LogP contribution is 2.28. The van der Waals surface area contributed by atoms with Gasteiger partial charge in [-0.05, 0) is 31.2 Å². The Morgan fingerprint density at radius 3 is 2.58 bits per heavy atom. The summed E-state index contributed by atoms with van der Waals surface area (Å²) in [7, 11) is -1.50. The van der Waals surface area contributed by atoms with Gasteiger partial charge in [0.15, 0.2) is 15.8 Å². The maximum absolute atomic E-state index is 12.3. The number of nitrogens with zero attached hydrogens (tertiary/aromatic N) is 1. The number of ether oxygens (including phenoxy) is 1. The first-order valence-electron chi connectivity index (χ1n) is 9.06. The van der Waals surface area contributed by atoms with Gasteiger partial charge in [-0.25, -0.2) is 8.42 Å². The van der Waals surface area contributed by atoms with Crippen LogP contribution in [-0.4, -0.2) is 58.7 Å². The van der Waals surface area contributed by atoms with Crippen molar-refractivity contribution in [2.45, 2.75) is 37.4 Å². The summed E-state index contributed by atoms with van der Waals surface area (Å²) in [6.07, 6.45) is 2.33. The monoisotopic (exact) mass is 381 g/mol. The second kappa shape index (κ2) is 8.86. The molecule has 26 heavy (non-hydrogen) atoms. The molecule has 1 aliphatic rings. The quantitative estimate of drug-likeness (QED) is 0.581. The molecule has 1 saturated heterocycles. The number of hydrogen-bond donors (Lipinski definition) is 2. The molecule has 1 aromatic carbocycles. The molecule has 1 unspecified atom stereocenters. The Morgan fingerprint density at radius 2 is 2.00 bits per heavy atom. The standard InChI is InChI=1S/C19H31N3O3S/c1-15-6-5-7-17(12-15)16(2)13-21-18(20-3)22-14-19(26(4,23)24)8-10-25-11-9-19/h5-7,12,16H,8-11,13-14H2,1-4H3,(H2,20,21,22). The van der Waals surface area contributed by atoms with Gasteiger partial charge in [-0.2, -0.15) is 0 Å². The lowest BCUT2D eigenvalue weighted by Gasteiger charge is -2.35. The zero-order valence-corrected chi connectivity index (χ0v) is 17.0. The molecule has 0 aromatic heterocycles. The molecule has 1 heterocycles. The first kappa shape index (κ1) is 20.7. The van der Waals surface area contributed by atoms with Gasteiger partial charge in [-0.3, -0.25) is 4.99 Å². The molecule has 1 aliphatic heterocycles. The van der Waals surface area contributed by atoms with Crippen LogP contribution in [0.15, 0.2) is 29.3 Å². The lowest BCUT2D eigenvalue weighted by atomic mass is 9.99. The van der Waals surface area contributed by atoms with Gasteiger partial charge >= 0.3 is 0 Å². The fraction of sp³-hybridized carbons (Fsp3) is 0.632. The fourth-order valence-corrected chi connectivity index (χ4v) is 4.47. The summed E-state index contributed by atoms with van der Waals surface area (Å²) in [6, 6.07) is 8.46. The van der Waals surface area contributed by atoms with Gasteiger partial charge in [0.1, 0.15) is 0 Å². The number of guanidine groups is 1. The summed E-state index contributed by atoms with van der Waals surface area (Å²) in [6.45, 7) is 6.26. The van der Waals surface area contributed by atoms with Crippen molar-refractivity contribution in [3.05, 3.63) is 35.4 Å². The second-order valence-corrected chi connectivity index (χ2v) is 9.60. The lowest BCUT2D eigenvalue weighted by molar-refractivity contribution is 0.0756. The van der Waals surface area contributed by atoms with E-state index in [1.165, 1.54) is 17.4 Å². The number of sulfone groups is 1. The summed E-state index contributed by atoms with van der Waals surface area (Å²) >= 11 is 0. The Hall–Kier alpha value is -1.60. The summed E-state index contributed by atoms with van der Waals surface area (Å²) in [5.74, 6) is 0.944. The smallest absolute Gasteiger partial charge is 0.191 e. The van der Waals surface area contributed by atoms with E-state index < -0.39 is 14.6 Å². The van der Waals surface area contributed by atoms with Gasteiger partial charge in [0.25, 0.3) is 0 Å². The van der Waals surface area contributed by atoms with E-state index in [0.717, 1.165) is 6.54 Å². The van der Waals surface area contributed by atoms with Crippen molar-refractivity contribution in [2.24, 2.45) is 4.99 Å². The van der Waals surface area contributed by atoms with Crippen LogP contribution in [0.25, 0.3) is 0 Å². The largest absolute Gasteiger partial charge is 0.381 e. The Labute approximate surface area is 157 Å². The van der Waals surface area contributed by atoms with Gasteiger partial charge in [0.2, 0.25) is 0 Å². The van der Waals surface area contributed by atoms with Crippen LogP contribution >= 0.6 is 0 Å². The van der Waals surface area contributed by atoms with Gasteiger partial charge in [0.05, 0.1) is 4.75 Å². The first-order chi connectivity index (χ1) is 12.3. The topological polar surface area (TPSA) is 79.8 Å². The molecule has 0 amide bonds.